The second-order valence-corrected chi connectivity index (χ2v) is 10.7. The van der Waals surface area contributed by atoms with Gasteiger partial charge in [0.15, 0.2) is 5.82 Å². The van der Waals surface area contributed by atoms with Gasteiger partial charge in [-0.25, -0.2) is 14.2 Å². The standard InChI is InChI=1S/C23H27BrClFN6O3/c1-29(2)14-10-30(11-14)22-16-9-27-32(13-3-5-31(23(34)35)12(7-13)4-6-33)21(16)15-8-17(25)18(24)19(26)20(15)28-22/h8-9,12-14,33H,3-7,10-11H2,1-2H3,(H,34,35)/t12-,13+/m1/s1. The van der Waals surface area contributed by atoms with Crippen molar-refractivity contribution in [1.29, 1.82) is 0 Å². The summed E-state index contributed by atoms with van der Waals surface area (Å²) in [5.74, 6) is 0.159. The molecule has 9 nitrogen and oxygen atoms in total. The van der Waals surface area contributed by atoms with Gasteiger partial charge < -0.3 is 24.9 Å². The zero-order valence-corrected chi connectivity index (χ0v) is 21.8. The first-order valence-corrected chi connectivity index (χ1v) is 12.7. The van der Waals surface area contributed by atoms with Crippen LogP contribution in [0.5, 0.6) is 0 Å². The first-order chi connectivity index (χ1) is 16.7. The summed E-state index contributed by atoms with van der Waals surface area (Å²) in [6, 6.07) is 1.65. The number of rotatable bonds is 5. The van der Waals surface area contributed by atoms with E-state index in [1.807, 2.05) is 18.8 Å². The van der Waals surface area contributed by atoms with Crippen molar-refractivity contribution < 1.29 is 19.4 Å². The number of carboxylic acid groups (broad SMARTS) is 1. The van der Waals surface area contributed by atoms with Crippen molar-refractivity contribution in [3.63, 3.8) is 0 Å². The fourth-order valence-corrected chi connectivity index (χ4v) is 5.73. The molecule has 188 valence electrons. The van der Waals surface area contributed by atoms with Crippen LogP contribution in [0.1, 0.15) is 25.3 Å². The van der Waals surface area contributed by atoms with Gasteiger partial charge in [0.1, 0.15) is 11.3 Å². The fourth-order valence-electron chi connectivity index (χ4n) is 5.24. The third-order valence-corrected chi connectivity index (χ3v) is 8.58. The molecule has 0 aliphatic carbocycles. The Morgan fingerprint density at radius 1 is 1.34 bits per heavy atom. The highest BCUT2D eigenvalue weighted by atomic mass is 79.9. The minimum atomic E-state index is -0.990. The molecular formula is C23H27BrClFN6O3. The Morgan fingerprint density at radius 2 is 2.09 bits per heavy atom. The Balaban J connectivity index is 1.64. The maximum atomic E-state index is 15.4. The molecule has 0 bridgehead atoms. The van der Waals surface area contributed by atoms with Gasteiger partial charge in [0, 0.05) is 43.7 Å². The molecule has 2 saturated heterocycles. The summed E-state index contributed by atoms with van der Waals surface area (Å²) in [5.41, 5.74) is 0.955. The molecule has 35 heavy (non-hydrogen) atoms. The monoisotopic (exact) mass is 568 g/mol. The van der Waals surface area contributed by atoms with Gasteiger partial charge in [0.25, 0.3) is 0 Å². The van der Waals surface area contributed by atoms with E-state index in [4.69, 9.17) is 21.7 Å². The Morgan fingerprint density at radius 3 is 2.74 bits per heavy atom. The Bertz CT molecular complexity index is 1300. The van der Waals surface area contributed by atoms with Crippen molar-refractivity contribution >= 4 is 61.2 Å². The Hall–Kier alpha value is -2.21. The van der Waals surface area contributed by atoms with Crippen molar-refractivity contribution in [2.24, 2.45) is 0 Å². The number of piperidine rings is 1. The van der Waals surface area contributed by atoms with Gasteiger partial charge in [-0.2, -0.15) is 5.10 Å². The summed E-state index contributed by atoms with van der Waals surface area (Å²) in [7, 11) is 4.07. The predicted octanol–water partition coefficient (Wildman–Crippen LogP) is 3.96. The number of anilines is 1. The van der Waals surface area contributed by atoms with Gasteiger partial charge in [-0.05, 0) is 55.4 Å². The zero-order valence-electron chi connectivity index (χ0n) is 19.5. The minimum Gasteiger partial charge on any atom is -0.465 e. The molecule has 1 aromatic carbocycles. The van der Waals surface area contributed by atoms with Gasteiger partial charge in [-0.3, -0.25) is 4.68 Å². The molecule has 2 aliphatic heterocycles. The molecule has 0 spiro atoms. The summed E-state index contributed by atoms with van der Waals surface area (Å²) >= 11 is 9.59. The van der Waals surface area contributed by atoms with Crippen LogP contribution < -0.4 is 4.90 Å². The number of benzene rings is 1. The third kappa shape index (κ3) is 4.12. The number of fused-ring (bicyclic) bond motifs is 3. The number of aliphatic hydroxyl groups is 1. The highest BCUT2D eigenvalue weighted by Crippen LogP contribution is 2.41. The van der Waals surface area contributed by atoms with Crippen LogP contribution >= 0.6 is 27.5 Å². The number of aromatic nitrogens is 3. The second kappa shape index (κ2) is 9.34. The number of amides is 1. The van der Waals surface area contributed by atoms with E-state index in [1.165, 1.54) is 4.90 Å². The van der Waals surface area contributed by atoms with Crippen LogP contribution in [0.3, 0.4) is 0 Å². The molecule has 3 aromatic rings. The number of hydrogen-bond donors (Lipinski definition) is 2. The number of likely N-dealkylation sites (N-methyl/N-ethyl adjacent to an activating group) is 1. The summed E-state index contributed by atoms with van der Waals surface area (Å²) in [6.45, 7) is 1.78. The highest BCUT2D eigenvalue weighted by molar-refractivity contribution is 9.10. The third-order valence-electron chi connectivity index (χ3n) is 7.28. The van der Waals surface area contributed by atoms with Crippen LogP contribution in [0.2, 0.25) is 5.02 Å². The molecule has 4 heterocycles. The number of carbonyl (C=O) groups is 1. The Labute approximate surface area is 215 Å². The van der Waals surface area contributed by atoms with E-state index in [1.54, 1.807) is 12.3 Å². The van der Waals surface area contributed by atoms with E-state index in [0.717, 1.165) is 24.0 Å². The average Bonchev–Trinajstić information content (AvgIpc) is 3.22. The number of aliphatic hydroxyl groups excluding tert-OH is 1. The first-order valence-electron chi connectivity index (χ1n) is 11.6. The normalized spacial score (nSPS) is 21.3. The quantitative estimate of drug-likeness (QED) is 0.449. The van der Waals surface area contributed by atoms with Gasteiger partial charge in [-0.15, -0.1) is 0 Å². The molecule has 0 saturated carbocycles. The smallest absolute Gasteiger partial charge is 0.407 e. The molecule has 2 aromatic heterocycles. The Kier molecular flexibility index (Phi) is 6.54. The molecule has 2 aliphatic rings. The van der Waals surface area contributed by atoms with Crippen LogP contribution in [-0.2, 0) is 0 Å². The molecular weight excluding hydrogens is 543 g/mol. The van der Waals surface area contributed by atoms with Crippen LogP contribution in [0.25, 0.3) is 21.8 Å². The minimum absolute atomic E-state index is 0.102. The van der Waals surface area contributed by atoms with Crippen molar-refractivity contribution in [3.8, 4) is 0 Å². The van der Waals surface area contributed by atoms with Gasteiger partial charge >= 0.3 is 6.09 Å². The first kappa shape index (κ1) is 24.5. The van der Waals surface area contributed by atoms with E-state index in [9.17, 15) is 15.0 Å². The van der Waals surface area contributed by atoms with E-state index >= 15 is 4.39 Å². The second-order valence-electron chi connectivity index (χ2n) is 9.51. The molecule has 0 radical (unpaired) electrons. The lowest BCUT2D eigenvalue weighted by atomic mass is 9.95. The van der Waals surface area contributed by atoms with Crippen LogP contribution in [0.4, 0.5) is 15.0 Å². The van der Waals surface area contributed by atoms with Crippen LogP contribution in [0, 0.1) is 5.82 Å². The van der Waals surface area contributed by atoms with E-state index in [-0.39, 0.29) is 33.7 Å². The molecule has 5 rings (SSSR count). The maximum absolute atomic E-state index is 15.4. The highest BCUT2D eigenvalue weighted by Gasteiger charge is 2.35. The molecule has 0 unspecified atom stereocenters. The zero-order chi connectivity index (χ0) is 25.0. The summed E-state index contributed by atoms with van der Waals surface area (Å²) in [4.78, 5) is 22.1. The summed E-state index contributed by atoms with van der Waals surface area (Å²) in [6.07, 6.45) is 2.18. The molecule has 2 fully saturated rings. The van der Waals surface area contributed by atoms with Crippen molar-refractivity contribution in [2.75, 3.05) is 45.2 Å². The predicted molar refractivity (Wildman–Crippen MR) is 136 cm³/mol. The van der Waals surface area contributed by atoms with Gasteiger partial charge in [0.05, 0.1) is 32.6 Å². The lowest BCUT2D eigenvalue weighted by Gasteiger charge is -2.43. The number of hydrogen-bond acceptors (Lipinski definition) is 6. The van der Waals surface area contributed by atoms with E-state index in [0.29, 0.717) is 43.1 Å². The largest absolute Gasteiger partial charge is 0.465 e. The SMILES string of the molecule is CN(C)C1CN(c2nc3c(F)c(Br)c(Cl)cc3c3c2cnn3[C@H]2CCN(C(=O)O)[C@H](CCO)C2)C1. The number of pyridine rings is 1. The lowest BCUT2D eigenvalue weighted by Crippen LogP contribution is -2.57. The maximum Gasteiger partial charge on any atom is 0.407 e. The lowest BCUT2D eigenvalue weighted by molar-refractivity contribution is 0.0783. The average molecular weight is 570 g/mol. The van der Waals surface area contributed by atoms with Gasteiger partial charge in [-0.1, -0.05) is 11.6 Å². The molecule has 2 atom stereocenters. The number of likely N-dealkylation sites (tertiary alicyclic amines) is 1. The van der Waals surface area contributed by atoms with Crippen molar-refractivity contribution in [2.45, 2.75) is 37.4 Å². The van der Waals surface area contributed by atoms with Crippen molar-refractivity contribution in [3.05, 3.63) is 27.6 Å². The molecule has 1 amide bonds. The fraction of sp³-hybridized carbons (Fsp3) is 0.522. The molecule has 2 N–H and O–H groups in total. The van der Waals surface area contributed by atoms with Crippen LogP contribution in [-0.4, -0.2) is 93.3 Å². The van der Waals surface area contributed by atoms with Crippen molar-refractivity contribution in [1.82, 2.24) is 24.6 Å². The number of nitrogens with zero attached hydrogens (tertiary/aromatic N) is 6. The summed E-state index contributed by atoms with van der Waals surface area (Å²) < 4.78 is 17.4. The topological polar surface area (TPSA) is 98.0 Å². The van der Waals surface area contributed by atoms with E-state index in [2.05, 4.69) is 25.7 Å². The van der Waals surface area contributed by atoms with Gasteiger partial charge in [0.2, 0.25) is 0 Å². The number of halogens is 3. The van der Waals surface area contributed by atoms with E-state index < -0.39 is 11.9 Å². The summed E-state index contributed by atoms with van der Waals surface area (Å²) in [5, 5.41) is 25.4. The van der Waals surface area contributed by atoms with Crippen LogP contribution in [0.15, 0.2) is 16.7 Å². The molecule has 12 heteroatoms.